The maximum atomic E-state index is 12.8. The van der Waals surface area contributed by atoms with E-state index in [-0.39, 0.29) is 17.9 Å². The molecule has 1 heterocycles. The average molecular weight is 371 g/mol. The molecule has 1 amide bonds. The molecule has 1 N–H and O–H groups in total. The first kappa shape index (κ1) is 18.9. The molecule has 0 aliphatic carbocycles. The molecule has 4 heteroatoms. The van der Waals surface area contributed by atoms with Gasteiger partial charge in [-0.05, 0) is 49.5 Å². The molecule has 0 saturated carbocycles. The fourth-order valence-corrected chi connectivity index (χ4v) is 4.07. The van der Waals surface area contributed by atoms with E-state index in [1.807, 2.05) is 48.5 Å². The maximum Gasteiger partial charge on any atom is 0.227 e. The number of halogens is 1. The predicted octanol–water partition coefficient (Wildman–Crippen LogP) is 4.79. The van der Waals surface area contributed by atoms with Gasteiger partial charge in [0.05, 0.1) is 12.0 Å². The third kappa shape index (κ3) is 4.46. The number of carbonyl (C=O) groups is 1. The second kappa shape index (κ2) is 9.20. The van der Waals surface area contributed by atoms with Gasteiger partial charge in [-0.1, -0.05) is 67.1 Å². The first-order chi connectivity index (χ1) is 12.7. The summed E-state index contributed by atoms with van der Waals surface area (Å²) in [6, 6.07) is 18.1. The van der Waals surface area contributed by atoms with Crippen molar-refractivity contribution in [2.24, 2.45) is 0 Å². The Kier molecular flexibility index (Phi) is 6.70. The van der Waals surface area contributed by atoms with Gasteiger partial charge in [0.15, 0.2) is 0 Å². The molecule has 2 aromatic carbocycles. The molecule has 1 fully saturated rings. The van der Waals surface area contributed by atoms with E-state index in [9.17, 15) is 4.79 Å². The molecular weight excluding hydrogens is 344 g/mol. The minimum absolute atomic E-state index is 0.0925. The molecule has 138 valence electrons. The molecule has 0 spiro atoms. The summed E-state index contributed by atoms with van der Waals surface area (Å²) in [7, 11) is 0. The zero-order valence-corrected chi connectivity index (χ0v) is 16.1. The minimum atomic E-state index is -0.110. The summed E-state index contributed by atoms with van der Waals surface area (Å²) in [5.41, 5.74) is 2.17. The Hall–Kier alpha value is -1.84. The van der Waals surface area contributed by atoms with Gasteiger partial charge in [-0.2, -0.15) is 0 Å². The Morgan fingerprint density at radius 1 is 1.08 bits per heavy atom. The van der Waals surface area contributed by atoms with Crippen molar-refractivity contribution in [3.63, 3.8) is 0 Å². The molecular formula is C22H27ClN2O. The summed E-state index contributed by atoms with van der Waals surface area (Å²) in [6.45, 7) is 4.76. The van der Waals surface area contributed by atoms with Crippen LogP contribution in [-0.2, 0) is 4.79 Å². The largest absolute Gasteiger partial charge is 0.354 e. The summed E-state index contributed by atoms with van der Waals surface area (Å²) in [5, 5.41) is 3.97. The first-order valence-corrected chi connectivity index (χ1v) is 9.89. The lowest BCUT2D eigenvalue weighted by Gasteiger charge is -2.29. The molecule has 1 saturated heterocycles. The average Bonchev–Trinajstić information content (AvgIpc) is 3.19. The molecule has 3 rings (SSSR count). The van der Waals surface area contributed by atoms with Crippen molar-refractivity contribution in [1.29, 1.82) is 0 Å². The normalized spacial score (nSPS) is 17.0. The van der Waals surface area contributed by atoms with E-state index < -0.39 is 0 Å². The van der Waals surface area contributed by atoms with Crippen molar-refractivity contribution >= 4 is 17.5 Å². The number of carbonyl (C=O) groups excluding carboxylic acids is 1. The van der Waals surface area contributed by atoms with Gasteiger partial charge in [0, 0.05) is 11.6 Å². The maximum absolute atomic E-state index is 12.8. The number of amides is 1. The van der Waals surface area contributed by atoms with Gasteiger partial charge in [0.1, 0.15) is 0 Å². The van der Waals surface area contributed by atoms with Gasteiger partial charge in [-0.25, -0.2) is 0 Å². The Balaban J connectivity index is 1.73. The van der Waals surface area contributed by atoms with Crippen molar-refractivity contribution in [2.75, 3.05) is 19.6 Å². The van der Waals surface area contributed by atoms with E-state index in [2.05, 4.69) is 23.2 Å². The SMILES string of the molecule is CC[C@@H](C(=O)NC[C@@H](c1ccccc1Cl)N1CCCC1)c1ccccc1. The lowest BCUT2D eigenvalue weighted by atomic mass is 9.95. The highest BCUT2D eigenvalue weighted by molar-refractivity contribution is 6.31. The number of nitrogens with zero attached hydrogens (tertiary/aromatic N) is 1. The van der Waals surface area contributed by atoms with Gasteiger partial charge in [0.25, 0.3) is 0 Å². The highest BCUT2D eigenvalue weighted by Crippen LogP contribution is 2.30. The van der Waals surface area contributed by atoms with E-state index in [0.29, 0.717) is 6.54 Å². The number of likely N-dealkylation sites (tertiary alicyclic amines) is 1. The number of benzene rings is 2. The molecule has 26 heavy (non-hydrogen) atoms. The number of hydrogen-bond acceptors (Lipinski definition) is 2. The monoisotopic (exact) mass is 370 g/mol. The van der Waals surface area contributed by atoms with Crippen LogP contribution in [-0.4, -0.2) is 30.4 Å². The van der Waals surface area contributed by atoms with Gasteiger partial charge >= 0.3 is 0 Å². The van der Waals surface area contributed by atoms with E-state index in [0.717, 1.165) is 35.7 Å². The molecule has 1 aliphatic rings. The first-order valence-electron chi connectivity index (χ1n) is 9.51. The lowest BCUT2D eigenvalue weighted by molar-refractivity contribution is -0.122. The van der Waals surface area contributed by atoms with Crippen LogP contribution in [0.1, 0.15) is 49.3 Å². The second-order valence-electron chi connectivity index (χ2n) is 6.90. The molecule has 3 nitrogen and oxygen atoms in total. The lowest BCUT2D eigenvalue weighted by Crippen LogP contribution is -2.38. The molecule has 2 atom stereocenters. The quantitative estimate of drug-likeness (QED) is 0.760. The standard InChI is InChI=1S/C22H27ClN2O/c1-2-18(17-10-4-3-5-11-17)22(26)24-16-21(25-14-8-9-15-25)19-12-6-7-13-20(19)23/h3-7,10-13,18,21H,2,8-9,14-16H2,1H3,(H,24,26)/t18-,21+/m1/s1. The van der Waals surface area contributed by atoms with Gasteiger partial charge in [-0.15, -0.1) is 0 Å². The summed E-state index contributed by atoms with van der Waals surface area (Å²) >= 11 is 6.46. The smallest absolute Gasteiger partial charge is 0.227 e. The molecule has 1 aliphatic heterocycles. The highest BCUT2D eigenvalue weighted by Gasteiger charge is 2.27. The molecule has 0 aromatic heterocycles. The van der Waals surface area contributed by atoms with Crippen LogP contribution >= 0.6 is 11.6 Å². The van der Waals surface area contributed by atoms with E-state index in [1.54, 1.807) is 0 Å². The van der Waals surface area contributed by atoms with Gasteiger partial charge in [-0.3, -0.25) is 9.69 Å². The van der Waals surface area contributed by atoms with Crippen LogP contribution in [0.2, 0.25) is 5.02 Å². The Morgan fingerprint density at radius 2 is 1.73 bits per heavy atom. The number of rotatable bonds is 7. The number of hydrogen-bond donors (Lipinski definition) is 1. The zero-order valence-electron chi connectivity index (χ0n) is 15.3. The summed E-state index contributed by atoms with van der Waals surface area (Å²) < 4.78 is 0. The molecule has 0 radical (unpaired) electrons. The van der Waals surface area contributed by atoms with Crippen molar-refractivity contribution in [3.8, 4) is 0 Å². The predicted molar refractivity (Wildman–Crippen MR) is 107 cm³/mol. The van der Waals surface area contributed by atoms with Crippen LogP contribution in [0.25, 0.3) is 0 Å². The fourth-order valence-electron chi connectivity index (χ4n) is 3.81. The van der Waals surface area contributed by atoms with Crippen LogP contribution in [0.5, 0.6) is 0 Å². The van der Waals surface area contributed by atoms with Crippen LogP contribution in [0.15, 0.2) is 54.6 Å². The van der Waals surface area contributed by atoms with E-state index in [1.165, 1.54) is 12.8 Å². The Bertz CT molecular complexity index is 713. The third-order valence-corrected chi connectivity index (χ3v) is 5.59. The Labute approximate surface area is 161 Å². The third-order valence-electron chi connectivity index (χ3n) is 5.24. The fraction of sp³-hybridized carbons (Fsp3) is 0.409. The highest BCUT2D eigenvalue weighted by atomic mass is 35.5. The van der Waals surface area contributed by atoms with Crippen molar-refractivity contribution in [2.45, 2.75) is 38.1 Å². The van der Waals surface area contributed by atoms with E-state index >= 15 is 0 Å². The van der Waals surface area contributed by atoms with Gasteiger partial charge < -0.3 is 5.32 Å². The summed E-state index contributed by atoms with van der Waals surface area (Å²) in [4.78, 5) is 15.3. The topological polar surface area (TPSA) is 32.3 Å². The van der Waals surface area contributed by atoms with Crippen molar-refractivity contribution < 1.29 is 4.79 Å². The second-order valence-corrected chi connectivity index (χ2v) is 7.30. The molecule has 0 bridgehead atoms. The van der Waals surface area contributed by atoms with Gasteiger partial charge in [0.2, 0.25) is 5.91 Å². The molecule has 2 aromatic rings. The van der Waals surface area contributed by atoms with Crippen LogP contribution in [0, 0.1) is 0 Å². The summed E-state index contributed by atoms with van der Waals surface area (Å²) in [5.74, 6) is -0.0170. The van der Waals surface area contributed by atoms with Crippen molar-refractivity contribution in [3.05, 3.63) is 70.7 Å². The Morgan fingerprint density at radius 3 is 2.38 bits per heavy atom. The van der Waals surface area contributed by atoms with Crippen LogP contribution in [0.4, 0.5) is 0 Å². The number of nitrogens with one attached hydrogen (secondary N) is 1. The van der Waals surface area contributed by atoms with Crippen LogP contribution < -0.4 is 5.32 Å². The summed E-state index contributed by atoms with van der Waals surface area (Å²) in [6.07, 6.45) is 3.20. The zero-order chi connectivity index (χ0) is 18.4. The van der Waals surface area contributed by atoms with E-state index in [4.69, 9.17) is 11.6 Å². The van der Waals surface area contributed by atoms with Crippen LogP contribution in [0.3, 0.4) is 0 Å². The molecule has 0 unspecified atom stereocenters. The van der Waals surface area contributed by atoms with Crippen molar-refractivity contribution in [1.82, 2.24) is 10.2 Å². The minimum Gasteiger partial charge on any atom is -0.354 e.